The summed E-state index contributed by atoms with van der Waals surface area (Å²) in [4.78, 5) is 13.7. The molecule has 1 amide bonds. The van der Waals surface area contributed by atoms with E-state index in [-0.39, 0.29) is 17.7 Å². The van der Waals surface area contributed by atoms with E-state index >= 15 is 0 Å². The lowest BCUT2D eigenvalue weighted by atomic mass is 9.90. The minimum atomic E-state index is -2.85. The maximum atomic E-state index is 12.5. The van der Waals surface area contributed by atoms with E-state index in [4.69, 9.17) is 9.84 Å². The Morgan fingerprint density at radius 2 is 1.87 bits per heavy atom. The average molecular weight is 427 g/mol. The molecule has 1 spiro atoms. The van der Waals surface area contributed by atoms with Gasteiger partial charge < -0.3 is 14.4 Å². The predicted molar refractivity (Wildman–Crippen MR) is 110 cm³/mol. The topological polar surface area (TPSA) is 54.4 Å². The van der Waals surface area contributed by atoms with Gasteiger partial charge in [0.05, 0.1) is 11.8 Å². The molecule has 3 aliphatic rings. The van der Waals surface area contributed by atoms with Gasteiger partial charge in [-0.2, -0.15) is 13.9 Å². The Labute approximate surface area is 179 Å². The molecule has 8 heteroatoms. The summed E-state index contributed by atoms with van der Waals surface area (Å²) in [7, 11) is 0. The number of amides is 1. The summed E-state index contributed by atoms with van der Waals surface area (Å²) in [6.45, 7) is -0.0278. The lowest BCUT2D eigenvalue weighted by Crippen LogP contribution is -2.59. The molecule has 3 aliphatic heterocycles. The molecular formula is C23H23F2N3O3. The summed E-state index contributed by atoms with van der Waals surface area (Å²) >= 11 is 0. The molecule has 5 rings (SSSR count). The number of rotatable bonds is 3. The fourth-order valence-electron chi connectivity index (χ4n) is 4.73. The number of hydrazone groups is 1. The summed E-state index contributed by atoms with van der Waals surface area (Å²) < 4.78 is 35.9. The largest absolute Gasteiger partial charge is 0.466 e. The zero-order valence-electron chi connectivity index (χ0n) is 17.1. The number of carbonyl (C=O) groups excluding carboxylic acids is 1. The second-order valence-electron chi connectivity index (χ2n) is 8.11. The second kappa shape index (κ2) is 7.51. The number of para-hydroxylation sites is 1. The number of hydrogen-bond donors (Lipinski definition) is 0. The monoisotopic (exact) mass is 427 g/mol. The van der Waals surface area contributed by atoms with Crippen LogP contribution in [0.2, 0.25) is 0 Å². The number of ether oxygens (including phenoxy) is 2. The van der Waals surface area contributed by atoms with Gasteiger partial charge in [-0.05, 0) is 35.9 Å². The highest BCUT2D eigenvalue weighted by molar-refractivity contribution is 6.02. The molecule has 1 unspecified atom stereocenters. The number of halogens is 2. The van der Waals surface area contributed by atoms with Gasteiger partial charge in [0.1, 0.15) is 11.5 Å². The molecule has 0 aliphatic carbocycles. The lowest BCUT2D eigenvalue weighted by Gasteiger charge is -2.51. The molecule has 0 saturated carbocycles. The smallest absolute Gasteiger partial charge is 0.387 e. The predicted octanol–water partition coefficient (Wildman–Crippen LogP) is 4.17. The molecule has 2 aromatic rings. The standard InChI is InChI=1S/C23H23F2N3O3/c1-15(29)27-12-10-23(11-13-27)28-20(18-4-2-3-5-21(18)31-23)14-19(26-28)16-6-8-17(9-7-16)30-22(24)25/h2-9,20,22H,10-14H2,1H3. The van der Waals surface area contributed by atoms with Crippen molar-refractivity contribution in [2.75, 3.05) is 13.1 Å². The van der Waals surface area contributed by atoms with Gasteiger partial charge in [-0.1, -0.05) is 18.2 Å². The number of piperidine rings is 1. The average Bonchev–Trinajstić information content (AvgIpc) is 3.21. The summed E-state index contributed by atoms with van der Waals surface area (Å²) in [5.74, 6) is 1.05. The van der Waals surface area contributed by atoms with Gasteiger partial charge in [0, 0.05) is 44.8 Å². The van der Waals surface area contributed by atoms with Crippen LogP contribution in [0.15, 0.2) is 53.6 Å². The molecule has 1 saturated heterocycles. The van der Waals surface area contributed by atoms with Gasteiger partial charge in [-0.15, -0.1) is 0 Å². The molecule has 0 aromatic heterocycles. The van der Waals surface area contributed by atoms with Crippen molar-refractivity contribution >= 4 is 11.6 Å². The van der Waals surface area contributed by atoms with Crippen LogP contribution < -0.4 is 9.47 Å². The van der Waals surface area contributed by atoms with Crippen molar-refractivity contribution in [3.8, 4) is 11.5 Å². The third-order valence-electron chi connectivity index (χ3n) is 6.31. The van der Waals surface area contributed by atoms with Gasteiger partial charge in [-0.3, -0.25) is 4.79 Å². The summed E-state index contributed by atoms with van der Waals surface area (Å²) in [5, 5.41) is 7.01. The van der Waals surface area contributed by atoms with Crippen LogP contribution >= 0.6 is 0 Å². The van der Waals surface area contributed by atoms with E-state index in [1.165, 1.54) is 12.1 Å². The number of alkyl halides is 2. The molecule has 31 heavy (non-hydrogen) atoms. The van der Waals surface area contributed by atoms with Crippen molar-refractivity contribution in [2.45, 2.75) is 44.6 Å². The molecular weight excluding hydrogens is 404 g/mol. The van der Waals surface area contributed by atoms with Crippen molar-refractivity contribution in [1.29, 1.82) is 0 Å². The fourth-order valence-corrected chi connectivity index (χ4v) is 4.73. The number of carbonyl (C=O) groups is 1. The van der Waals surface area contributed by atoms with Gasteiger partial charge >= 0.3 is 6.61 Å². The highest BCUT2D eigenvalue weighted by Crippen LogP contribution is 2.49. The third-order valence-corrected chi connectivity index (χ3v) is 6.31. The quantitative estimate of drug-likeness (QED) is 0.738. The van der Waals surface area contributed by atoms with Crippen LogP contribution in [0, 0.1) is 0 Å². The highest BCUT2D eigenvalue weighted by Gasteiger charge is 2.52. The Hall–Kier alpha value is -3.16. The summed E-state index contributed by atoms with van der Waals surface area (Å²) in [6, 6.07) is 14.6. The van der Waals surface area contributed by atoms with Crippen molar-refractivity contribution < 1.29 is 23.0 Å². The first kappa shape index (κ1) is 19.8. The van der Waals surface area contributed by atoms with Crippen molar-refractivity contribution in [1.82, 2.24) is 9.91 Å². The maximum absolute atomic E-state index is 12.5. The molecule has 1 atom stereocenters. The number of hydrogen-bond acceptors (Lipinski definition) is 5. The van der Waals surface area contributed by atoms with E-state index in [1.807, 2.05) is 23.1 Å². The summed E-state index contributed by atoms with van der Waals surface area (Å²) in [6.07, 6.45) is 2.01. The molecule has 2 aromatic carbocycles. The first-order valence-electron chi connectivity index (χ1n) is 10.4. The number of nitrogens with zero attached hydrogens (tertiary/aromatic N) is 3. The van der Waals surface area contributed by atoms with Gasteiger partial charge in [0.25, 0.3) is 0 Å². The Morgan fingerprint density at radius 3 is 2.55 bits per heavy atom. The Morgan fingerprint density at radius 1 is 1.16 bits per heavy atom. The number of fused-ring (bicyclic) bond motifs is 4. The first-order chi connectivity index (χ1) is 14.9. The van der Waals surface area contributed by atoms with E-state index in [9.17, 15) is 13.6 Å². The summed E-state index contributed by atoms with van der Waals surface area (Å²) in [5.41, 5.74) is 2.22. The third kappa shape index (κ3) is 3.49. The van der Waals surface area contributed by atoms with Crippen LogP contribution in [0.1, 0.15) is 43.4 Å². The van der Waals surface area contributed by atoms with Crippen molar-refractivity contribution in [3.63, 3.8) is 0 Å². The maximum Gasteiger partial charge on any atom is 0.387 e. The molecule has 0 radical (unpaired) electrons. The molecule has 162 valence electrons. The molecule has 1 fully saturated rings. The zero-order valence-corrected chi connectivity index (χ0v) is 17.1. The molecule has 3 heterocycles. The Balaban J connectivity index is 1.47. The second-order valence-corrected chi connectivity index (χ2v) is 8.11. The first-order valence-corrected chi connectivity index (χ1v) is 10.4. The lowest BCUT2D eigenvalue weighted by molar-refractivity contribution is -0.158. The molecule has 6 nitrogen and oxygen atoms in total. The minimum Gasteiger partial charge on any atom is -0.466 e. The van der Waals surface area contributed by atoms with Crippen LogP contribution in [-0.2, 0) is 4.79 Å². The van der Waals surface area contributed by atoms with Crippen LogP contribution in [0.4, 0.5) is 8.78 Å². The van der Waals surface area contributed by atoms with Crippen LogP contribution in [-0.4, -0.2) is 47.0 Å². The van der Waals surface area contributed by atoms with Crippen molar-refractivity contribution in [3.05, 3.63) is 59.7 Å². The van der Waals surface area contributed by atoms with E-state index in [0.29, 0.717) is 32.4 Å². The van der Waals surface area contributed by atoms with Crippen molar-refractivity contribution in [2.24, 2.45) is 5.10 Å². The Kier molecular flexibility index (Phi) is 4.79. The van der Waals surface area contributed by atoms with Gasteiger partial charge in [0.2, 0.25) is 11.6 Å². The van der Waals surface area contributed by atoms with E-state index in [2.05, 4.69) is 15.8 Å². The number of likely N-dealkylation sites (tertiary alicyclic amines) is 1. The Bertz CT molecular complexity index is 1020. The number of benzene rings is 2. The van der Waals surface area contributed by atoms with Gasteiger partial charge in [-0.25, -0.2) is 5.01 Å². The minimum absolute atomic E-state index is 0.0285. The van der Waals surface area contributed by atoms with Crippen LogP contribution in [0.5, 0.6) is 11.5 Å². The normalized spacial score (nSPS) is 21.4. The fraction of sp³-hybridized carbons (Fsp3) is 0.391. The van der Waals surface area contributed by atoms with E-state index < -0.39 is 12.3 Å². The van der Waals surface area contributed by atoms with E-state index in [1.54, 1.807) is 19.1 Å². The SMILES string of the molecule is CC(=O)N1CCC2(CC1)Oc1ccccc1C1CC(c3ccc(OC(F)F)cc3)=NN12. The highest BCUT2D eigenvalue weighted by atomic mass is 19.3. The molecule has 0 N–H and O–H groups in total. The molecule has 0 bridgehead atoms. The van der Waals surface area contributed by atoms with Gasteiger partial charge in [0.15, 0.2) is 0 Å². The van der Waals surface area contributed by atoms with Crippen LogP contribution in [0.3, 0.4) is 0 Å². The van der Waals surface area contributed by atoms with Crippen LogP contribution in [0.25, 0.3) is 0 Å². The zero-order chi connectivity index (χ0) is 21.6. The van der Waals surface area contributed by atoms with E-state index in [0.717, 1.165) is 22.6 Å².